The van der Waals surface area contributed by atoms with Gasteiger partial charge in [0.1, 0.15) is 5.82 Å². The molecule has 0 unspecified atom stereocenters. The van der Waals surface area contributed by atoms with E-state index in [9.17, 15) is 0 Å². The molecule has 1 rings (SSSR count). The summed E-state index contributed by atoms with van der Waals surface area (Å²) in [5.41, 5.74) is 2.30. The summed E-state index contributed by atoms with van der Waals surface area (Å²) in [6.07, 6.45) is 3.99. The molecule has 1 heterocycles. The van der Waals surface area contributed by atoms with Gasteiger partial charge in [-0.25, -0.2) is 9.97 Å². The minimum atomic E-state index is 0.844. The zero-order valence-corrected chi connectivity index (χ0v) is 11.5. The molecule has 4 nitrogen and oxygen atoms in total. The molecule has 17 heavy (non-hydrogen) atoms. The Morgan fingerprint density at radius 3 is 2.76 bits per heavy atom. The molecule has 0 amide bonds. The fraction of sp³-hybridized carbons (Fsp3) is 0.692. The van der Waals surface area contributed by atoms with Gasteiger partial charge in [-0.3, -0.25) is 0 Å². The van der Waals surface area contributed by atoms with Gasteiger partial charge in [0.2, 0.25) is 0 Å². The van der Waals surface area contributed by atoms with Crippen molar-refractivity contribution in [1.29, 1.82) is 0 Å². The summed E-state index contributed by atoms with van der Waals surface area (Å²) in [5, 5.41) is 3.38. The first-order valence-corrected chi connectivity index (χ1v) is 6.30. The average Bonchev–Trinajstić information content (AvgIpc) is 2.30. The highest BCUT2D eigenvalue weighted by Gasteiger charge is 2.04. The van der Waals surface area contributed by atoms with Crippen LogP contribution in [0.25, 0.3) is 0 Å². The molecule has 0 spiro atoms. The maximum atomic E-state index is 4.62. The van der Waals surface area contributed by atoms with E-state index in [0.29, 0.717) is 0 Å². The number of nitrogens with zero attached hydrogens (tertiary/aromatic N) is 3. The fourth-order valence-corrected chi connectivity index (χ4v) is 1.53. The van der Waals surface area contributed by atoms with Crippen LogP contribution >= 0.6 is 0 Å². The van der Waals surface area contributed by atoms with Gasteiger partial charge in [-0.2, -0.15) is 0 Å². The molecule has 0 fully saturated rings. The maximum absolute atomic E-state index is 4.62. The smallest absolute Gasteiger partial charge is 0.129 e. The van der Waals surface area contributed by atoms with Crippen LogP contribution < -0.4 is 5.32 Å². The van der Waals surface area contributed by atoms with E-state index in [1.54, 1.807) is 0 Å². The molecule has 1 aromatic rings. The van der Waals surface area contributed by atoms with Gasteiger partial charge in [0.15, 0.2) is 0 Å². The lowest BCUT2D eigenvalue weighted by Crippen LogP contribution is -2.19. The summed E-state index contributed by atoms with van der Waals surface area (Å²) in [6, 6.07) is 0. The highest BCUT2D eigenvalue weighted by Crippen LogP contribution is 2.04. The zero-order valence-electron chi connectivity index (χ0n) is 11.5. The molecule has 0 saturated carbocycles. The molecule has 0 radical (unpaired) electrons. The van der Waals surface area contributed by atoms with Crippen molar-refractivity contribution in [3.05, 3.63) is 23.3 Å². The van der Waals surface area contributed by atoms with Gasteiger partial charge in [-0.1, -0.05) is 6.92 Å². The molecule has 1 aromatic heterocycles. The number of aryl methyl sites for hydroxylation is 1. The number of hydrogen-bond donors (Lipinski definition) is 1. The standard InChI is InChI=1S/C13H24N4/c1-5-7-14-10-12-11(2)9-15-13(16-12)6-8-17(3)4/h9,14H,5-8,10H2,1-4H3. The van der Waals surface area contributed by atoms with E-state index in [1.165, 1.54) is 5.56 Å². The van der Waals surface area contributed by atoms with Crippen LogP contribution in [-0.2, 0) is 13.0 Å². The second-order valence-corrected chi connectivity index (χ2v) is 4.65. The Labute approximate surface area is 104 Å². The second kappa shape index (κ2) is 7.35. The summed E-state index contributed by atoms with van der Waals surface area (Å²) < 4.78 is 0. The predicted octanol–water partition coefficient (Wildman–Crippen LogP) is 1.39. The van der Waals surface area contributed by atoms with Crippen molar-refractivity contribution in [1.82, 2.24) is 20.2 Å². The monoisotopic (exact) mass is 236 g/mol. The molecule has 0 atom stereocenters. The summed E-state index contributed by atoms with van der Waals surface area (Å²) >= 11 is 0. The van der Waals surface area contributed by atoms with Crippen LogP contribution in [0, 0.1) is 6.92 Å². The summed E-state index contributed by atoms with van der Waals surface area (Å²) in [7, 11) is 4.13. The Morgan fingerprint density at radius 2 is 2.12 bits per heavy atom. The maximum Gasteiger partial charge on any atom is 0.129 e. The van der Waals surface area contributed by atoms with Crippen LogP contribution in [0.5, 0.6) is 0 Å². The predicted molar refractivity (Wildman–Crippen MR) is 71.0 cm³/mol. The van der Waals surface area contributed by atoms with Gasteiger partial charge in [-0.15, -0.1) is 0 Å². The molecule has 0 saturated heterocycles. The first-order valence-electron chi connectivity index (χ1n) is 6.30. The lowest BCUT2D eigenvalue weighted by molar-refractivity contribution is 0.409. The molecule has 0 aromatic carbocycles. The van der Waals surface area contributed by atoms with Crippen molar-refractivity contribution in [2.24, 2.45) is 0 Å². The highest BCUT2D eigenvalue weighted by atomic mass is 15.1. The first-order chi connectivity index (χ1) is 8.13. The van der Waals surface area contributed by atoms with Crippen molar-refractivity contribution in [3.8, 4) is 0 Å². The van der Waals surface area contributed by atoms with Crippen LogP contribution in [0.3, 0.4) is 0 Å². The Morgan fingerprint density at radius 1 is 1.35 bits per heavy atom. The van der Waals surface area contributed by atoms with Crippen LogP contribution in [0.4, 0.5) is 0 Å². The molecular weight excluding hydrogens is 212 g/mol. The van der Waals surface area contributed by atoms with Gasteiger partial charge in [0.05, 0.1) is 5.69 Å². The SMILES string of the molecule is CCCNCc1nc(CCN(C)C)ncc1C. The van der Waals surface area contributed by atoms with E-state index in [1.807, 2.05) is 6.20 Å². The summed E-state index contributed by atoms with van der Waals surface area (Å²) in [5.74, 6) is 0.942. The normalized spacial score (nSPS) is 11.1. The molecule has 0 aliphatic heterocycles. The third kappa shape index (κ3) is 5.24. The molecule has 0 aliphatic rings. The van der Waals surface area contributed by atoms with Gasteiger partial charge in [0.25, 0.3) is 0 Å². The quantitative estimate of drug-likeness (QED) is 0.726. The number of aromatic nitrogens is 2. The van der Waals surface area contributed by atoms with Gasteiger partial charge in [-0.05, 0) is 39.5 Å². The Kier molecular flexibility index (Phi) is 6.08. The van der Waals surface area contributed by atoms with Crippen molar-refractivity contribution >= 4 is 0 Å². The molecular formula is C13H24N4. The third-order valence-corrected chi connectivity index (χ3v) is 2.63. The van der Waals surface area contributed by atoms with E-state index in [4.69, 9.17) is 0 Å². The minimum absolute atomic E-state index is 0.844. The highest BCUT2D eigenvalue weighted by molar-refractivity contribution is 5.15. The van der Waals surface area contributed by atoms with E-state index >= 15 is 0 Å². The van der Waals surface area contributed by atoms with Crippen LogP contribution in [0.1, 0.15) is 30.4 Å². The summed E-state index contributed by atoms with van der Waals surface area (Å²) in [4.78, 5) is 11.1. The van der Waals surface area contributed by atoms with Crippen LogP contribution in [0.2, 0.25) is 0 Å². The minimum Gasteiger partial charge on any atom is -0.311 e. The molecule has 4 heteroatoms. The van der Waals surface area contributed by atoms with Crippen LogP contribution in [-0.4, -0.2) is 42.1 Å². The van der Waals surface area contributed by atoms with Gasteiger partial charge < -0.3 is 10.2 Å². The second-order valence-electron chi connectivity index (χ2n) is 4.65. The largest absolute Gasteiger partial charge is 0.311 e. The van der Waals surface area contributed by atoms with E-state index in [2.05, 4.69) is 48.1 Å². The zero-order chi connectivity index (χ0) is 12.7. The summed E-state index contributed by atoms with van der Waals surface area (Å²) in [6.45, 7) is 7.11. The third-order valence-electron chi connectivity index (χ3n) is 2.63. The van der Waals surface area contributed by atoms with Crippen molar-refractivity contribution < 1.29 is 0 Å². The van der Waals surface area contributed by atoms with Crippen molar-refractivity contribution in [2.45, 2.75) is 33.2 Å². The van der Waals surface area contributed by atoms with Crippen molar-refractivity contribution in [3.63, 3.8) is 0 Å². The van der Waals surface area contributed by atoms with E-state index in [-0.39, 0.29) is 0 Å². The molecule has 0 bridgehead atoms. The van der Waals surface area contributed by atoms with E-state index < -0.39 is 0 Å². The fourth-order valence-electron chi connectivity index (χ4n) is 1.53. The van der Waals surface area contributed by atoms with Gasteiger partial charge in [0, 0.05) is 25.7 Å². The topological polar surface area (TPSA) is 41.1 Å². The van der Waals surface area contributed by atoms with Crippen LogP contribution in [0.15, 0.2) is 6.20 Å². The first kappa shape index (κ1) is 14.1. The van der Waals surface area contributed by atoms with Gasteiger partial charge >= 0.3 is 0 Å². The Hall–Kier alpha value is -1.00. The Balaban J connectivity index is 2.59. The molecule has 0 aliphatic carbocycles. The van der Waals surface area contributed by atoms with Crippen molar-refractivity contribution in [2.75, 3.05) is 27.2 Å². The number of rotatable bonds is 7. The molecule has 96 valence electrons. The number of nitrogens with one attached hydrogen (secondary N) is 1. The number of likely N-dealkylation sites (N-methyl/N-ethyl adjacent to an activating group) is 1. The lowest BCUT2D eigenvalue weighted by Gasteiger charge is -2.10. The Bertz CT molecular complexity index is 336. The molecule has 1 N–H and O–H groups in total. The van der Waals surface area contributed by atoms with E-state index in [0.717, 1.165) is 44.0 Å². The lowest BCUT2D eigenvalue weighted by atomic mass is 10.2. The number of hydrogen-bond acceptors (Lipinski definition) is 4. The average molecular weight is 236 g/mol.